The van der Waals surface area contributed by atoms with Gasteiger partial charge in [-0.15, -0.1) is 0 Å². The predicted molar refractivity (Wildman–Crippen MR) is 153 cm³/mol. The van der Waals surface area contributed by atoms with Crippen molar-refractivity contribution in [2.24, 2.45) is 5.10 Å². The first-order valence-corrected chi connectivity index (χ1v) is 13.1. The molecule has 8 heteroatoms. The maximum atomic E-state index is 12.6. The van der Waals surface area contributed by atoms with Gasteiger partial charge >= 0.3 is 0 Å². The molecule has 0 saturated carbocycles. The Morgan fingerprint density at radius 2 is 1.66 bits per heavy atom. The molecular weight excluding hydrogens is 523 g/mol. The molecule has 0 aromatic heterocycles. The summed E-state index contributed by atoms with van der Waals surface area (Å²) in [5, 5.41) is 6.98. The fourth-order valence-electron chi connectivity index (χ4n) is 3.84. The summed E-state index contributed by atoms with van der Waals surface area (Å²) < 4.78 is 17.3. The van der Waals surface area contributed by atoms with Gasteiger partial charge < -0.3 is 14.2 Å². The van der Waals surface area contributed by atoms with Crippen LogP contribution in [0.4, 0.5) is 0 Å². The first-order chi connectivity index (χ1) is 18.5. The van der Waals surface area contributed by atoms with E-state index in [1.807, 2.05) is 38.1 Å². The lowest BCUT2D eigenvalue weighted by Gasteiger charge is -2.13. The second-order valence-corrected chi connectivity index (χ2v) is 9.20. The van der Waals surface area contributed by atoms with Crippen LogP contribution in [0.1, 0.15) is 41.8 Å². The van der Waals surface area contributed by atoms with Gasteiger partial charge in [0.2, 0.25) is 0 Å². The Labute approximate surface area is 232 Å². The second kappa shape index (κ2) is 13.2. The fourth-order valence-corrected chi connectivity index (χ4v) is 4.45. The van der Waals surface area contributed by atoms with Crippen LogP contribution in [0.25, 0.3) is 10.8 Å². The van der Waals surface area contributed by atoms with Crippen molar-refractivity contribution in [2.45, 2.75) is 26.9 Å². The number of hydrazone groups is 1. The summed E-state index contributed by atoms with van der Waals surface area (Å²) in [6.45, 7) is 5.23. The molecule has 4 aromatic rings. The maximum absolute atomic E-state index is 12.6. The van der Waals surface area contributed by atoms with Gasteiger partial charge in [-0.1, -0.05) is 72.6 Å². The molecule has 196 valence electrons. The number of nitrogens with zero attached hydrogens (tertiary/aromatic N) is 1. The minimum Gasteiger partial charge on any atom is -0.490 e. The average Bonchev–Trinajstić information content (AvgIpc) is 2.92. The highest BCUT2D eigenvalue weighted by molar-refractivity contribution is 6.37. The van der Waals surface area contributed by atoms with E-state index >= 15 is 0 Å². The Morgan fingerprint density at radius 3 is 2.42 bits per heavy atom. The number of hydrogen-bond donors (Lipinski definition) is 1. The Hall–Kier alpha value is -3.74. The molecule has 38 heavy (non-hydrogen) atoms. The lowest BCUT2D eigenvalue weighted by atomic mass is 10.1. The third kappa shape index (κ3) is 6.77. The number of amides is 1. The van der Waals surface area contributed by atoms with Gasteiger partial charge in [-0.05, 0) is 65.6 Å². The molecule has 0 aliphatic heterocycles. The molecule has 0 atom stereocenters. The van der Waals surface area contributed by atoms with Gasteiger partial charge in [-0.2, -0.15) is 5.10 Å². The number of benzene rings is 4. The number of hydrogen-bond acceptors (Lipinski definition) is 5. The molecule has 0 aliphatic rings. The van der Waals surface area contributed by atoms with Crippen LogP contribution in [0.15, 0.2) is 77.9 Å². The number of nitrogens with one attached hydrogen (secondary N) is 1. The van der Waals surface area contributed by atoms with Gasteiger partial charge in [0.1, 0.15) is 6.61 Å². The molecule has 6 nitrogen and oxygen atoms in total. The molecule has 1 N–H and O–H groups in total. The van der Waals surface area contributed by atoms with E-state index in [1.165, 1.54) is 6.21 Å². The third-order valence-electron chi connectivity index (χ3n) is 5.62. The number of carbonyl (C=O) groups is 1. The minimum atomic E-state index is -0.392. The van der Waals surface area contributed by atoms with Crippen molar-refractivity contribution in [3.63, 3.8) is 0 Å². The Bertz CT molecular complexity index is 1430. The van der Waals surface area contributed by atoms with Crippen molar-refractivity contribution in [2.75, 3.05) is 13.2 Å². The van der Waals surface area contributed by atoms with Gasteiger partial charge in [0.25, 0.3) is 5.91 Å². The van der Waals surface area contributed by atoms with Crippen LogP contribution in [-0.4, -0.2) is 25.3 Å². The predicted octanol–water partition coefficient (Wildman–Crippen LogP) is 7.68. The zero-order chi connectivity index (χ0) is 26.9. The molecule has 0 unspecified atom stereocenters. The Kier molecular flexibility index (Phi) is 9.46. The van der Waals surface area contributed by atoms with Gasteiger partial charge in [0.05, 0.1) is 29.5 Å². The first-order valence-electron chi connectivity index (χ1n) is 12.3. The van der Waals surface area contributed by atoms with Crippen LogP contribution in [-0.2, 0) is 6.61 Å². The van der Waals surface area contributed by atoms with Crippen LogP contribution in [0.3, 0.4) is 0 Å². The van der Waals surface area contributed by atoms with Gasteiger partial charge in [0, 0.05) is 5.56 Å². The molecule has 0 heterocycles. The number of rotatable bonds is 11. The lowest BCUT2D eigenvalue weighted by Crippen LogP contribution is -2.17. The molecule has 0 fully saturated rings. The van der Waals surface area contributed by atoms with Crippen LogP contribution in [0, 0.1) is 0 Å². The topological polar surface area (TPSA) is 69.2 Å². The quantitative estimate of drug-likeness (QED) is 0.153. The highest BCUT2D eigenvalue weighted by atomic mass is 35.5. The molecule has 0 bridgehead atoms. The number of fused-ring (bicyclic) bond motifs is 1. The van der Waals surface area contributed by atoms with Crippen molar-refractivity contribution in [3.05, 3.63) is 99.5 Å². The molecule has 0 saturated heterocycles. The standard InChI is InChI=1S/C30H28Cl2N2O4/c1-3-14-37-27-13-12-22(17-28(27)36-4-2)30(35)34-33-18-20-15-25(31)29(26(32)16-20)38-19-23-10-7-9-21-8-5-6-11-24(21)23/h5-13,15-18H,3-4,14,19H2,1-2H3,(H,34,35)/b33-18+. The summed E-state index contributed by atoms with van der Waals surface area (Å²) >= 11 is 12.9. The Balaban J connectivity index is 1.41. The lowest BCUT2D eigenvalue weighted by molar-refractivity contribution is 0.0954. The molecule has 4 rings (SSSR count). The van der Waals surface area contributed by atoms with E-state index in [-0.39, 0.29) is 0 Å². The summed E-state index contributed by atoms with van der Waals surface area (Å²) in [7, 11) is 0. The SMILES string of the molecule is CCCOc1ccc(C(=O)N/N=C/c2cc(Cl)c(OCc3cccc4ccccc34)c(Cl)c2)cc1OCC. The summed E-state index contributed by atoms with van der Waals surface area (Å²) in [4.78, 5) is 12.6. The zero-order valence-electron chi connectivity index (χ0n) is 21.2. The Morgan fingerprint density at radius 1 is 0.895 bits per heavy atom. The molecule has 4 aromatic carbocycles. The van der Waals surface area contributed by atoms with E-state index in [4.69, 9.17) is 37.4 Å². The van der Waals surface area contributed by atoms with Crippen LogP contribution >= 0.6 is 23.2 Å². The smallest absolute Gasteiger partial charge is 0.271 e. The van der Waals surface area contributed by atoms with E-state index in [2.05, 4.69) is 28.7 Å². The second-order valence-electron chi connectivity index (χ2n) is 8.38. The number of halogens is 2. The van der Waals surface area contributed by atoms with Crippen molar-refractivity contribution >= 4 is 46.1 Å². The van der Waals surface area contributed by atoms with E-state index in [0.29, 0.717) is 58.2 Å². The van der Waals surface area contributed by atoms with E-state index in [0.717, 1.165) is 22.8 Å². The largest absolute Gasteiger partial charge is 0.490 e. The fraction of sp³-hybridized carbons (Fsp3) is 0.200. The number of ether oxygens (including phenoxy) is 3. The summed E-state index contributed by atoms with van der Waals surface area (Å²) in [6.07, 6.45) is 2.33. The molecule has 1 amide bonds. The van der Waals surface area contributed by atoms with Gasteiger partial charge in [-0.3, -0.25) is 4.79 Å². The zero-order valence-corrected chi connectivity index (χ0v) is 22.7. The summed E-state index contributed by atoms with van der Waals surface area (Å²) in [5.41, 5.74) is 4.54. The van der Waals surface area contributed by atoms with Gasteiger partial charge in [0.15, 0.2) is 17.2 Å². The van der Waals surface area contributed by atoms with E-state index < -0.39 is 5.91 Å². The third-order valence-corrected chi connectivity index (χ3v) is 6.18. The van der Waals surface area contributed by atoms with Crippen molar-refractivity contribution in [3.8, 4) is 17.2 Å². The number of carbonyl (C=O) groups excluding carboxylic acids is 1. The minimum absolute atomic E-state index is 0.316. The van der Waals surface area contributed by atoms with Crippen molar-refractivity contribution in [1.82, 2.24) is 5.43 Å². The summed E-state index contributed by atoms with van der Waals surface area (Å²) in [6, 6.07) is 22.5. The molecule has 0 spiro atoms. The first kappa shape index (κ1) is 27.3. The molecule has 0 radical (unpaired) electrons. The summed E-state index contributed by atoms with van der Waals surface area (Å²) in [5.74, 6) is 1.10. The highest BCUT2D eigenvalue weighted by Crippen LogP contribution is 2.35. The van der Waals surface area contributed by atoms with Crippen molar-refractivity contribution < 1.29 is 19.0 Å². The molecule has 0 aliphatic carbocycles. The van der Waals surface area contributed by atoms with E-state index in [1.54, 1.807) is 30.3 Å². The highest BCUT2D eigenvalue weighted by Gasteiger charge is 2.13. The van der Waals surface area contributed by atoms with Crippen LogP contribution < -0.4 is 19.6 Å². The van der Waals surface area contributed by atoms with Crippen molar-refractivity contribution in [1.29, 1.82) is 0 Å². The maximum Gasteiger partial charge on any atom is 0.271 e. The molecular formula is C30H28Cl2N2O4. The van der Waals surface area contributed by atoms with Crippen LogP contribution in [0.2, 0.25) is 10.0 Å². The monoisotopic (exact) mass is 550 g/mol. The normalized spacial score (nSPS) is 11.1. The van der Waals surface area contributed by atoms with Crippen LogP contribution in [0.5, 0.6) is 17.2 Å². The van der Waals surface area contributed by atoms with E-state index in [9.17, 15) is 4.79 Å². The average molecular weight is 551 g/mol. The van der Waals surface area contributed by atoms with Gasteiger partial charge in [-0.25, -0.2) is 5.43 Å².